The summed E-state index contributed by atoms with van der Waals surface area (Å²) >= 11 is 1.07. The van der Waals surface area contributed by atoms with Gasteiger partial charge in [-0.05, 0) is 49.6 Å². The van der Waals surface area contributed by atoms with Crippen LogP contribution in [-0.2, 0) is 10.0 Å². The average Bonchev–Trinajstić information content (AvgIpc) is 3.17. The largest absolute Gasteiger partial charge is 0.339 e. The lowest BCUT2D eigenvalue weighted by atomic mass is 9.85. The zero-order chi connectivity index (χ0) is 18.3. The number of thiophene rings is 1. The van der Waals surface area contributed by atoms with Crippen LogP contribution < -0.4 is 4.72 Å². The van der Waals surface area contributed by atoms with E-state index in [1.807, 2.05) is 0 Å². The molecule has 1 fully saturated rings. The van der Waals surface area contributed by atoms with Crippen LogP contribution in [-0.4, -0.2) is 18.6 Å². The van der Waals surface area contributed by atoms with E-state index in [2.05, 4.69) is 14.9 Å². The molecule has 1 aromatic carbocycles. The van der Waals surface area contributed by atoms with Crippen LogP contribution in [0.5, 0.6) is 0 Å². The first-order valence-electron chi connectivity index (χ1n) is 8.14. The van der Waals surface area contributed by atoms with Crippen molar-refractivity contribution >= 4 is 27.0 Å². The van der Waals surface area contributed by atoms with Gasteiger partial charge in [0.15, 0.2) is 0 Å². The highest BCUT2D eigenvalue weighted by Crippen LogP contribution is 2.36. The Kier molecular flexibility index (Phi) is 4.28. The number of aryl methyl sites for hydroxylation is 1. The van der Waals surface area contributed by atoms with E-state index < -0.39 is 15.8 Å². The van der Waals surface area contributed by atoms with E-state index in [-0.39, 0.29) is 4.21 Å². The minimum atomic E-state index is -3.78. The SMILES string of the molecule is Cc1cc(F)ccc1NS(=O)(=O)c1cc(-c2noc(C3CCC3)n2)cs1. The molecular formula is C17H16FN3O3S2. The molecule has 26 heavy (non-hydrogen) atoms. The standard InChI is InChI=1S/C17H16FN3O3S2/c1-10-7-13(18)5-6-14(10)21-26(22,23)15-8-12(9-25-15)16-19-17(24-20-16)11-3-2-4-11/h5-9,11,21H,2-4H2,1H3. The Hall–Kier alpha value is -2.26. The summed E-state index contributed by atoms with van der Waals surface area (Å²) in [6, 6.07) is 5.41. The van der Waals surface area contributed by atoms with Crippen LogP contribution in [0, 0.1) is 12.7 Å². The van der Waals surface area contributed by atoms with Gasteiger partial charge in [0.2, 0.25) is 11.7 Å². The first-order valence-corrected chi connectivity index (χ1v) is 10.5. The first-order chi connectivity index (χ1) is 12.4. The van der Waals surface area contributed by atoms with E-state index in [1.54, 1.807) is 12.3 Å². The Morgan fingerprint density at radius 1 is 1.31 bits per heavy atom. The lowest BCUT2D eigenvalue weighted by molar-refractivity contribution is 0.292. The van der Waals surface area contributed by atoms with Gasteiger partial charge in [-0.2, -0.15) is 4.98 Å². The number of rotatable bonds is 5. The molecule has 6 nitrogen and oxygen atoms in total. The molecule has 3 aromatic rings. The number of hydrogen-bond donors (Lipinski definition) is 1. The second-order valence-electron chi connectivity index (χ2n) is 6.30. The molecule has 1 aliphatic carbocycles. The van der Waals surface area contributed by atoms with Crippen molar-refractivity contribution in [2.75, 3.05) is 4.72 Å². The lowest BCUT2D eigenvalue weighted by Crippen LogP contribution is -2.12. The third-order valence-electron chi connectivity index (χ3n) is 4.43. The number of benzene rings is 1. The summed E-state index contributed by atoms with van der Waals surface area (Å²) in [5.74, 6) is 0.911. The molecule has 0 saturated heterocycles. The number of anilines is 1. The van der Waals surface area contributed by atoms with E-state index in [4.69, 9.17) is 4.52 Å². The smallest absolute Gasteiger partial charge is 0.271 e. The first kappa shape index (κ1) is 17.2. The van der Waals surface area contributed by atoms with Gasteiger partial charge in [0.25, 0.3) is 10.0 Å². The molecule has 1 saturated carbocycles. The highest BCUT2D eigenvalue weighted by Gasteiger charge is 2.26. The number of nitrogens with zero attached hydrogens (tertiary/aromatic N) is 2. The highest BCUT2D eigenvalue weighted by molar-refractivity contribution is 7.94. The molecule has 4 rings (SSSR count). The monoisotopic (exact) mass is 393 g/mol. The molecule has 9 heteroatoms. The Morgan fingerprint density at radius 3 is 2.81 bits per heavy atom. The molecule has 0 unspecified atom stereocenters. The topological polar surface area (TPSA) is 85.1 Å². The Morgan fingerprint density at radius 2 is 2.12 bits per heavy atom. The number of nitrogens with one attached hydrogen (secondary N) is 1. The van der Waals surface area contributed by atoms with Crippen LogP contribution >= 0.6 is 11.3 Å². The van der Waals surface area contributed by atoms with Gasteiger partial charge in [-0.3, -0.25) is 4.72 Å². The summed E-state index contributed by atoms with van der Waals surface area (Å²) in [6.45, 7) is 1.64. The Labute approximate surface area is 154 Å². The Bertz CT molecular complexity index is 1050. The summed E-state index contributed by atoms with van der Waals surface area (Å²) < 4.78 is 46.3. The summed E-state index contributed by atoms with van der Waals surface area (Å²) in [5.41, 5.74) is 1.45. The normalized spacial score (nSPS) is 15.0. The van der Waals surface area contributed by atoms with Crippen LogP contribution in [0.15, 0.2) is 38.4 Å². The van der Waals surface area contributed by atoms with Gasteiger partial charge in [-0.15, -0.1) is 11.3 Å². The van der Waals surface area contributed by atoms with Gasteiger partial charge < -0.3 is 4.52 Å². The summed E-state index contributed by atoms with van der Waals surface area (Å²) in [5, 5.41) is 5.64. The van der Waals surface area contributed by atoms with Crippen molar-refractivity contribution in [3.05, 3.63) is 46.9 Å². The van der Waals surface area contributed by atoms with Crippen molar-refractivity contribution in [3.8, 4) is 11.4 Å². The quantitative estimate of drug-likeness (QED) is 0.698. The minimum absolute atomic E-state index is 0.131. The van der Waals surface area contributed by atoms with Crippen LogP contribution in [0.25, 0.3) is 11.4 Å². The van der Waals surface area contributed by atoms with E-state index in [1.165, 1.54) is 24.3 Å². The predicted molar refractivity (Wildman–Crippen MR) is 96.1 cm³/mol. The molecule has 2 aromatic heterocycles. The average molecular weight is 393 g/mol. The molecule has 0 spiro atoms. The molecule has 136 valence electrons. The van der Waals surface area contributed by atoms with E-state index >= 15 is 0 Å². The van der Waals surface area contributed by atoms with E-state index in [0.29, 0.717) is 34.4 Å². The predicted octanol–water partition coefficient (Wildman–Crippen LogP) is 4.31. The fourth-order valence-corrected chi connectivity index (χ4v) is 4.97. The van der Waals surface area contributed by atoms with Gasteiger partial charge in [-0.25, -0.2) is 12.8 Å². The van der Waals surface area contributed by atoms with Gasteiger partial charge in [-0.1, -0.05) is 11.6 Å². The lowest BCUT2D eigenvalue weighted by Gasteiger charge is -2.20. The number of sulfonamides is 1. The number of halogens is 1. The fraction of sp³-hybridized carbons (Fsp3) is 0.294. The van der Waals surface area contributed by atoms with Crippen molar-refractivity contribution in [1.29, 1.82) is 0 Å². The molecule has 0 radical (unpaired) electrons. The third-order valence-corrected chi connectivity index (χ3v) is 7.23. The molecule has 0 amide bonds. The van der Waals surface area contributed by atoms with Crippen molar-refractivity contribution in [2.45, 2.75) is 36.3 Å². The zero-order valence-corrected chi connectivity index (χ0v) is 15.5. The van der Waals surface area contributed by atoms with Crippen LogP contribution in [0.1, 0.15) is 36.6 Å². The Balaban J connectivity index is 1.57. The molecule has 0 atom stereocenters. The van der Waals surface area contributed by atoms with Crippen molar-refractivity contribution in [1.82, 2.24) is 10.1 Å². The zero-order valence-electron chi connectivity index (χ0n) is 13.9. The van der Waals surface area contributed by atoms with Crippen LogP contribution in [0.3, 0.4) is 0 Å². The van der Waals surface area contributed by atoms with Crippen LogP contribution in [0.4, 0.5) is 10.1 Å². The molecule has 2 heterocycles. The summed E-state index contributed by atoms with van der Waals surface area (Å²) in [6.07, 6.45) is 3.26. The molecule has 0 aliphatic heterocycles. The molecule has 0 bridgehead atoms. The minimum Gasteiger partial charge on any atom is -0.339 e. The highest BCUT2D eigenvalue weighted by atomic mass is 32.2. The van der Waals surface area contributed by atoms with Gasteiger partial charge in [0, 0.05) is 16.9 Å². The number of aromatic nitrogens is 2. The molecular weight excluding hydrogens is 377 g/mol. The number of hydrogen-bond acceptors (Lipinski definition) is 6. The van der Waals surface area contributed by atoms with Crippen molar-refractivity contribution in [3.63, 3.8) is 0 Å². The summed E-state index contributed by atoms with van der Waals surface area (Å²) in [4.78, 5) is 4.38. The van der Waals surface area contributed by atoms with Crippen molar-refractivity contribution in [2.24, 2.45) is 0 Å². The van der Waals surface area contributed by atoms with Crippen LogP contribution in [0.2, 0.25) is 0 Å². The summed E-state index contributed by atoms with van der Waals surface area (Å²) in [7, 11) is -3.78. The second-order valence-corrected chi connectivity index (χ2v) is 9.12. The second kappa shape index (κ2) is 6.48. The van der Waals surface area contributed by atoms with Gasteiger partial charge >= 0.3 is 0 Å². The van der Waals surface area contributed by atoms with E-state index in [0.717, 1.165) is 30.6 Å². The van der Waals surface area contributed by atoms with Gasteiger partial charge in [0.05, 0.1) is 5.69 Å². The molecule has 1 aliphatic rings. The van der Waals surface area contributed by atoms with Gasteiger partial charge in [0.1, 0.15) is 10.0 Å². The maximum atomic E-state index is 13.2. The third kappa shape index (κ3) is 3.24. The fourth-order valence-electron chi connectivity index (χ4n) is 2.68. The maximum absolute atomic E-state index is 13.2. The van der Waals surface area contributed by atoms with E-state index in [9.17, 15) is 12.8 Å². The molecule has 1 N–H and O–H groups in total. The maximum Gasteiger partial charge on any atom is 0.271 e. The van der Waals surface area contributed by atoms with Crippen molar-refractivity contribution < 1.29 is 17.3 Å².